The van der Waals surface area contributed by atoms with Crippen molar-refractivity contribution < 1.29 is 9.84 Å². The molecule has 1 atom stereocenters. The third-order valence-electron chi connectivity index (χ3n) is 3.21. The Bertz CT molecular complexity index is 702. The van der Waals surface area contributed by atoms with E-state index in [0.29, 0.717) is 0 Å². The average Bonchev–Trinajstić information content (AvgIpc) is 2.95. The van der Waals surface area contributed by atoms with Crippen LogP contribution < -0.4 is 4.74 Å². The standard InChI is InChI=1S/C18H16O2S/c1-13-7-12-17(21-13)18(19)14-8-10-16(11-9-14)20-15-5-3-2-4-6-15/h2-12,18-19H,1H3. The Kier molecular flexibility index (Phi) is 4.04. The first kappa shape index (κ1) is 13.9. The summed E-state index contributed by atoms with van der Waals surface area (Å²) in [7, 11) is 0. The molecule has 0 aliphatic rings. The fraction of sp³-hybridized carbons (Fsp3) is 0.111. The summed E-state index contributed by atoms with van der Waals surface area (Å²) < 4.78 is 5.74. The number of aliphatic hydroxyl groups excluding tert-OH is 1. The summed E-state index contributed by atoms with van der Waals surface area (Å²) in [4.78, 5) is 2.16. The predicted octanol–water partition coefficient (Wildman–Crippen LogP) is 4.93. The molecule has 0 aliphatic heterocycles. The number of thiophene rings is 1. The number of benzene rings is 2. The minimum Gasteiger partial charge on any atom is -0.457 e. The number of hydrogen-bond acceptors (Lipinski definition) is 3. The largest absolute Gasteiger partial charge is 0.457 e. The molecule has 0 bridgehead atoms. The van der Waals surface area contributed by atoms with Crippen LogP contribution in [0.1, 0.15) is 21.4 Å². The zero-order chi connectivity index (χ0) is 14.7. The van der Waals surface area contributed by atoms with Crippen LogP contribution in [-0.4, -0.2) is 5.11 Å². The van der Waals surface area contributed by atoms with Gasteiger partial charge in [-0.1, -0.05) is 30.3 Å². The number of aryl methyl sites for hydroxylation is 1. The van der Waals surface area contributed by atoms with E-state index in [1.165, 1.54) is 4.88 Å². The Morgan fingerprint density at radius 1 is 0.857 bits per heavy atom. The van der Waals surface area contributed by atoms with Crippen molar-refractivity contribution in [2.45, 2.75) is 13.0 Å². The van der Waals surface area contributed by atoms with Gasteiger partial charge < -0.3 is 9.84 Å². The maximum absolute atomic E-state index is 10.4. The van der Waals surface area contributed by atoms with Crippen molar-refractivity contribution in [1.29, 1.82) is 0 Å². The normalized spacial score (nSPS) is 12.1. The molecule has 1 unspecified atom stereocenters. The monoisotopic (exact) mass is 296 g/mol. The third kappa shape index (κ3) is 3.32. The van der Waals surface area contributed by atoms with Gasteiger partial charge in [-0.2, -0.15) is 0 Å². The number of para-hydroxylation sites is 1. The molecule has 1 heterocycles. The second-order valence-electron chi connectivity index (χ2n) is 4.84. The van der Waals surface area contributed by atoms with Crippen LogP contribution in [0, 0.1) is 6.92 Å². The van der Waals surface area contributed by atoms with Crippen LogP contribution >= 0.6 is 11.3 Å². The molecular weight excluding hydrogens is 280 g/mol. The van der Waals surface area contributed by atoms with Crippen molar-refractivity contribution in [1.82, 2.24) is 0 Å². The summed E-state index contributed by atoms with van der Waals surface area (Å²) in [6.45, 7) is 2.04. The first-order chi connectivity index (χ1) is 10.2. The van der Waals surface area contributed by atoms with E-state index in [4.69, 9.17) is 4.74 Å². The van der Waals surface area contributed by atoms with Crippen LogP contribution in [-0.2, 0) is 0 Å². The molecule has 3 aromatic rings. The van der Waals surface area contributed by atoms with Gasteiger partial charge in [-0.15, -0.1) is 11.3 Å². The first-order valence-electron chi connectivity index (χ1n) is 6.79. The third-order valence-corrected chi connectivity index (χ3v) is 4.26. The SMILES string of the molecule is Cc1ccc(C(O)c2ccc(Oc3ccccc3)cc2)s1. The molecule has 1 aromatic heterocycles. The number of aliphatic hydroxyl groups is 1. The number of hydrogen-bond donors (Lipinski definition) is 1. The highest BCUT2D eigenvalue weighted by Gasteiger charge is 2.12. The van der Waals surface area contributed by atoms with Gasteiger partial charge in [0.1, 0.15) is 17.6 Å². The van der Waals surface area contributed by atoms with Crippen molar-refractivity contribution >= 4 is 11.3 Å². The minimum absolute atomic E-state index is 0.575. The molecule has 2 aromatic carbocycles. The molecule has 0 aliphatic carbocycles. The molecule has 0 saturated carbocycles. The summed E-state index contributed by atoms with van der Waals surface area (Å²) >= 11 is 1.62. The molecule has 0 saturated heterocycles. The lowest BCUT2D eigenvalue weighted by molar-refractivity contribution is 0.224. The van der Waals surface area contributed by atoms with Crippen LogP contribution in [0.4, 0.5) is 0 Å². The molecule has 21 heavy (non-hydrogen) atoms. The lowest BCUT2D eigenvalue weighted by Crippen LogP contribution is -1.96. The second-order valence-corrected chi connectivity index (χ2v) is 6.15. The molecule has 3 heteroatoms. The maximum atomic E-state index is 10.4. The number of rotatable bonds is 4. The number of ether oxygens (including phenoxy) is 1. The van der Waals surface area contributed by atoms with Crippen LogP contribution in [0.25, 0.3) is 0 Å². The van der Waals surface area contributed by atoms with Gasteiger partial charge in [-0.05, 0) is 48.9 Å². The average molecular weight is 296 g/mol. The van der Waals surface area contributed by atoms with E-state index in [1.807, 2.05) is 73.7 Å². The van der Waals surface area contributed by atoms with Crippen molar-refractivity contribution in [2.24, 2.45) is 0 Å². The zero-order valence-corrected chi connectivity index (χ0v) is 12.5. The van der Waals surface area contributed by atoms with Gasteiger partial charge >= 0.3 is 0 Å². The van der Waals surface area contributed by atoms with E-state index in [9.17, 15) is 5.11 Å². The van der Waals surface area contributed by atoms with E-state index < -0.39 is 6.10 Å². The molecule has 2 nitrogen and oxygen atoms in total. The molecule has 106 valence electrons. The zero-order valence-electron chi connectivity index (χ0n) is 11.7. The highest BCUT2D eigenvalue weighted by atomic mass is 32.1. The van der Waals surface area contributed by atoms with Crippen LogP contribution in [0.3, 0.4) is 0 Å². The van der Waals surface area contributed by atoms with Gasteiger partial charge in [0.2, 0.25) is 0 Å². The first-order valence-corrected chi connectivity index (χ1v) is 7.61. The predicted molar refractivity (Wildman–Crippen MR) is 86.1 cm³/mol. The summed E-state index contributed by atoms with van der Waals surface area (Å²) in [5.41, 5.74) is 0.872. The van der Waals surface area contributed by atoms with Crippen LogP contribution in [0.15, 0.2) is 66.7 Å². The van der Waals surface area contributed by atoms with Crippen LogP contribution in [0.5, 0.6) is 11.5 Å². The van der Waals surface area contributed by atoms with Gasteiger partial charge in [0, 0.05) is 9.75 Å². The van der Waals surface area contributed by atoms with Gasteiger partial charge in [0.25, 0.3) is 0 Å². The van der Waals surface area contributed by atoms with E-state index in [-0.39, 0.29) is 0 Å². The van der Waals surface area contributed by atoms with Crippen molar-refractivity contribution in [3.8, 4) is 11.5 Å². The topological polar surface area (TPSA) is 29.5 Å². The van der Waals surface area contributed by atoms with Gasteiger partial charge in [-0.25, -0.2) is 0 Å². The molecule has 1 N–H and O–H groups in total. The van der Waals surface area contributed by atoms with E-state index >= 15 is 0 Å². The van der Waals surface area contributed by atoms with E-state index in [0.717, 1.165) is 21.9 Å². The lowest BCUT2D eigenvalue weighted by atomic mass is 10.1. The Hall–Kier alpha value is -2.10. The lowest BCUT2D eigenvalue weighted by Gasteiger charge is -2.10. The maximum Gasteiger partial charge on any atom is 0.127 e. The minimum atomic E-state index is -0.575. The Morgan fingerprint density at radius 2 is 1.52 bits per heavy atom. The Morgan fingerprint density at radius 3 is 2.14 bits per heavy atom. The van der Waals surface area contributed by atoms with E-state index in [2.05, 4.69) is 0 Å². The van der Waals surface area contributed by atoms with Crippen molar-refractivity contribution in [2.75, 3.05) is 0 Å². The molecule has 0 fully saturated rings. The van der Waals surface area contributed by atoms with Crippen molar-refractivity contribution in [3.63, 3.8) is 0 Å². The van der Waals surface area contributed by atoms with Gasteiger partial charge in [0.15, 0.2) is 0 Å². The fourth-order valence-corrected chi connectivity index (χ4v) is 3.00. The highest BCUT2D eigenvalue weighted by molar-refractivity contribution is 7.12. The summed E-state index contributed by atoms with van der Waals surface area (Å²) in [6, 6.07) is 21.2. The smallest absolute Gasteiger partial charge is 0.127 e. The summed E-state index contributed by atoms with van der Waals surface area (Å²) in [6.07, 6.45) is -0.575. The molecule has 3 rings (SSSR count). The van der Waals surface area contributed by atoms with Gasteiger partial charge in [-0.3, -0.25) is 0 Å². The van der Waals surface area contributed by atoms with E-state index in [1.54, 1.807) is 11.3 Å². The van der Waals surface area contributed by atoms with Crippen LogP contribution in [0.2, 0.25) is 0 Å². The van der Waals surface area contributed by atoms with Crippen molar-refractivity contribution in [3.05, 3.63) is 82.0 Å². The Balaban J connectivity index is 1.75. The fourth-order valence-electron chi connectivity index (χ4n) is 2.11. The highest BCUT2D eigenvalue weighted by Crippen LogP contribution is 2.30. The molecule has 0 spiro atoms. The molecular formula is C18H16O2S. The molecule has 0 radical (unpaired) electrons. The Labute approximate surface area is 128 Å². The second kappa shape index (κ2) is 6.12. The molecule has 0 amide bonds. The summed E-state index contributed by atoms with van der Waals surface area (Å²) in [5, 5.41) is 10.4. The quantitative estimate of drug-likeness (QED) is 0.739. The summed E-state index contributed by atoms with van der Waals surface area (Å²) in [5.74, 6) is 1.57. The van der Waals surface area contributed by atoms with Gasteiger partial charge in [0.05, 0.1) is 0 Å².